The van der Waals surface area contributed by atoms with Crippen LogP contribution in [0.15, 0.2) is 61.2 Å². The summed E-state index contributed by atoms with van der Waals surface area (Å²) in [6.45, 7) is 7.61. The standard InChI is InChI=1S/C29H38N8O4/c1-2-13-32-27-35-28(33-14-11-22-3-5-24(21-38)6-4-22)37-29(36-27)34-25-9-7-23(8-10-25)20-26(39)31-15-17-41-19-18-40-16-12-30/h2-10,21H,1,11-20,30H2,(H,31,39)(H3,32,33,34,35,36,37). The van der Waals surface area contributed by atoms with Gasteiger partial charge in [-0.3, -0.25) is 9.59 Å². The molecule has 0 saturated heterocycles. The van der Waals surface area contributed by atoms with E-state index in [0.717, 1.165) is 29.5 Å². The fourth-order valence-corrected chi connectivity index (χ4v) is 3.59. The number of hydrogen-bond donors (Lipinski definition) is 5. The first-order valence-electron chi connectivity index (χ1n) is 13.5. The Hall–Kier alpha value is -4.39. The zero-order chi connectivity index (χ0) is 29.1. The molecule has 0 aliphatic carbocycles. The van der Waals surface area contributed by atoms with E-state index < -0.39 is 0 Å². The maximum Gasteiger partial charge on any atom is 0.233 e. The highest BCUT2D eigenvalue weighted by atomic mass is 16.5. The van der Waals surface area contributed by atoms with Crippen LogP contribution in [-0.2, 0) is 27.1 Å². The van der Waals surface area contributed by atoms with Gasteiger partial charge in [-0.25, -0.2) is 0 Å². The Morgan fingerprint density at radius 2 is 1.49 bits per heavy atom. The summed E-state index contributed by atoms with van der Waals surface area (Å²) in [7, 11) is 0. The summed E-state index contributed by atoms with van der Waals surface area (Å²) >= 11 is 0. The quantitative estimate of drug-likeness (QED) is 0.0779. The van der Waals surface area contributed by atoms with Crippen molar-refractivity contribution in [3.63, 3.8) is 0 Å². The van der Waals surface area contributed by atoms with Crippen molar-refractivity contribution in [2.45, 2.75) is 12.8 Å². The van der Waals surface area contributed by atoms with Crippen LogP contribution in [0.1, 0.15) is 21.5 Å². The van der Waals surface area contributed by atoms with Gasteiger partial charge in [0.15, 0.2) is 0 Å². The van der Waals surface area contributed by atoms with E-state index in [4.69, 9.17) is 15.2 Å². The summed E-state index contributed by atoms with van der Waals surface area (Å²) in [6.07, 6.45) is 3.53. The maximum absolute atomic E-state index is 12.2. The number of nitrogens with zero attached hydrogens (tertiary/aromatic N) is 3. The Morgan fingerprint density at radius 1 is 0.829 bits per heavy atom. The zero-order valence-electron chi connectivity index (χ0n) is 23.1. The summed E-state index contributed by atoms with van der Waals surface area (Å²) in [5.41, 5.74) is 8.72. The molecule has 3 aromatic rings. The highest BCUT2D eigenvalue weighted by molar-refractivity contribution is 5.78. The number of aromatic nitrogens is 3. The Kier molecular flexibility index (Phi) is 13.7. The Labute approximate surface area is 240 Å². The van der Waals surface area contributed by atoms with E-state index in [1.54, 1.807) is 18.2 Å². The van der Waals surface area contributed by atoms with Crippen molar-refractivity contribution in [2.75, 3.05) is 68.6 Å². The molecular weight excluding hydrogens is 524 g/mol. The minimum atomic E-state index is -0.0838. The summed E-state index contributed by atoms with van der Waals surface area (Å²) in [5.74, 6) is 1.10. The van der Waals surface area contributed by atoms with Gasteiger partial charge in [-0.05, 0) is 29.7 Å². The smallest absolute Gasteiger partial charge is 0.233 e. The molecular formula is C29H38N8O4. The number of nitrogens with two attached hydrogens (primary N) is 1. The van der Waals surface area contributed by atoms with Crippen molar-refractivity contribution in [3.8, 4) is 0 Å². The molecule has 0 bridgehead atoms. The third kappa shape index (κ3) is 12.1. The van der Waals surface area contributed by atoms with E-state index in [0.29, 0.717) is 76.0 Å². The van der Waals surface area contributed by atoms with Gasteiger partial charge in [0.25, 0.3) is 0 Å². The predicted octanol–water partition coefficient (Wildman–Crippen LogP) is 2.33. The lowest BCUT2D eigenvalue weighted by Gasteiger charge is -2.11. The van der Waals surface area contributed by atoms with Gasteiger partial charge >= 0.3 is 0 Å². The Bertz CT molecular complexity index is 1220. The van der Waals surface area contributed by atoms with Crippen molar-refractivity contribution in [3.05, 3.63) is 77.9 Å². The first kappa shape index (κ1) is 31.1. The lowest BCUT2D eigenvalue weighted by molar-refractivity contribution is -0.120. The van der Waals surface area contributed by atoms with E-state index in [1.807, 2.05) is 36.4 Å². The van der Waals surface area contributed by atoms with Gasteiger partial charge in [0.1, 0.15) is 6.29 Å². The third-order valence-corrected chi connectivity index (χ3v) is 5.63. The molecule has 0 radical (unpaired) electrons. The lowest BCUT2D eigenvalue weighted by Crippen LogP contribution is -2.29. The summed E-state index contributed by atoms with van der Waals surface area (Å²) in [6, 6.07) is 14.9. The van der Waals surface area contributed by atoms with Crippen molar-refractivity contribution >= 4 is 35.7 Å². The van der Waals surface area contributed by atoms with Crippen LogP contribution >= 0.6 is 0 Å². The highest BCUT2D eigenvalue weighted by Gasteiger charge is 2.08. The minimum Gasteiger partial charge on any atom is -0.378 e. The number of nitrogens with one attached hydrogen (secondary N) is 4. The number of ether oxygens (including phenoxy) is 2. The number of anilines is 4. The van der Waals surface area contributed by atoms with E-state index in [2.05, 4.69) is 42.8 Å². The molecule has 218 valence electrons. The van der Waals surface area contributed by atoms with Crippen molar-refractivity contribution < 1.29 is 19.1 Å². The van der Waals surface area contributed by atoms with Crippen LogP contribution in [0.25, 0.3) is 0 Å². The molecule has 41 heavy (non-hydrogen) atoms. The number of carbonyl (C=O) groups excluding carboxylic acids is 2. The molecule has 1 heterocycles. The van der Waals surface area contributed by atoms with Gasteiger partial charge in [0.05, 0.1) is 32.8 Å². The topological polar surface area (TPSA) is 165 Å². The SMILES string of the molecule is C=CCNc1nc(NCCc2ccc(C=O)cc2)nc(Nc2ccc(CC(=O)NCCOCCOCCN)cc2)n1. The molecule has 12 nitrogen and oxygen atoms in total. The summed E-state index contributed by atoms with van der Waals surface area (Å²) in [4.78, 5) is 36.5. The van der Waals surface area contributed by atoms with Crippen LogP contribution in [0.2, 0.25) is 0 Å². The average Bonchev–Trinajstić information content (AvgIpc) is 2.99. The zero-order valence-corrected chi connectivity index (χ0v) is 23.1. The van der Waals surface area contributed by atoms with Crippen LogP contribution in [0.3, 0.4) is 0 Å². The number of carbonyl (C=O) groups is 2. The normalized spacial score (nSPS) is 10.6. The van der Waals surface area contributed by atoms with Crippen LogP contribution < -0.4 is 27.0 Å². The van der Waals surface area contributed by atoms with Crippen molar-refractivity contribution in [2.24, 2.45) is 5.73 Å². The molecule has 1 aromatic heterocycles. The first-order valence-corrected chi connectivity index (χ1v) is 13.5. The predicted molar refractivity (Wildman–Crippen MR) is 160 cm³/mol. The Morgan fingerprint density at radius 3 is 2.17 bits per heavy atom. The maximum atomic E-state index is 12.2. The molecule has 12 heteroatoms. The second-order valence-electron chi connectivity index (χ2n) is 8.87. The van der Waals surface area contributed by atoms with E-state index in [9.17, 15) is 9.59 Å². The number of hydrogen-bond acceptors (Lipinski definition) is 11. The average molecular weight is 563 g/mol. The van der Waals surface area contributed by atoms with Gasteiger partial charge in [-0.1, -0.05) is 42.5 Å². The molecule has 6 N–H and O–H groups in total. The molecule has 0 saturated carbocycles. The molecule has 0 fully saturated rings. The highest BCUT2D eigenvalue weighted by Crippen LogP contribution is 2.17. The van der Waals surface area contributed by atoms with Crippen molar-refractivity contribution in [1.82, 2.24) is 20.3 Å². The van der Waals surface area contributed by atoms with Crippen LogP contribution in [0.5, 0.6) is 0 Å². The third-order valence-electron chi connectivity index (χ3n) is 5.63. The van der Waals surface area contributed by atoms with Crippen LogP contribution in [-0.4, -0.2) is 79.8 Å². The molecule has 0 aliphatic heterocycles. The first-order chi connectivity index (χ1) is 20.1. The van der Waals surface area contributed by atoms with Crippen LogP contribution in [0.4, 0.5) is 23.5 Å². The second kappa shape index (κ2) is 18.1. The molecule has 1 amide bonds. The van der Waals surface area contributed by atoms with E-state index in [-0.39, 0.29) is 12.3 Å². The van der Waals surface area contributed by atoms with Gasteiger partial charge in [0.2, 0.25) is 23.8 Å². The monoisotopic (exact) mass is 562 g/mol. The number of benzene rings is 2. The largest absolute Gasteiger partial charge is 0.378 e. The van der Waals surface area contributed by atoms with E-state index >= 15 is 0 Å². The molecule has 0 aliphatic rings. The fourth-order valence-electron chi connectivity index (χ4n) is 3.59. The fraction of sp³-hybridized carbons (Fsp3) is 0.345. The van der Waals surface area contributed by atoms with Crippen LogP contribution in [0, 0.1) is 0 Å². The Balaban J connectivity index is 1.49. The molecule has 2 aromatic carbocycles. The van der Waals surface area contributed by atoms with E-state index in [1.165, 1.54) is 0 Å². The van der Waals surface area contributed by atoms with Gasteiger partial charge in [-0.15, -0.1) is 6.58 Å². The lowest BCUT2D eigenvalue weighted by atomic mass is 10.1. The number of amides is 1. The summed E-state index contributed by atoms with van der Waals surface area (Å²) in [5, 5.41) is 12.4. The van der Waals surface area contributed by atoms with Gasteiger partial charge in [0, 0.05) is 37.4 Å². The molecule has 0 atom stereocenters. The van der Waals surface area contributed by atoms with Gasteiger partial charge < -0.3 is 36.5 Å². The molecule has 3 rings (SSSR count). The molecule has 0 spiro atoms. The number of aldehydes is 1. The molecule has 0 unspecified atom stereocenters. The minimum absolute atomic E-state index is 0.0838. The number of rotatable bonds is 20. The van der Waals surface area contributed by atoms with Crippen molar-refractivity contribution in [1.29, 1.82) is 0 Å². The summed E-state index contributed by atoms with van der Waals surface area (Å²) < 4.78 is 10.6. The van der Waals surface area contributed by atoms with Gasteiger partial charge in [-0.2, -0.15) is 15.0 Å². The second-order valence-corrected chi connectivity index (χ2v) is 8.87.